The van der Waals surface area contributed by atoms with Crippen LogP contribution in [0.1, 0.15) is 6.42 Å². The Bertz CT molecular complexity index is 120. The third-order valence-corrected chi connectivity index (χ3v) is 1.23. The van der Waals surface area contributed by atoms with E-state index in [-0.39, 0.29) is 24.0 Å². The van der Waals surface area contributed by atoms with E-state index < -0.39 is 0 Å². The highest BCUT2D eigenvalue weighted by atomic mass is 127. The van der Waals surface area contributed by atoms with Crippen LogP contribution in [0.3, 0.4) is 0 Å². The topological polar surface area (TPSA) is 40.4 Å². The first-order chi connectivity index (χ1) is 3.93. The molecule has 2 nitrogen and oxygen atoms in total. The van der Waals surface area contributed by atoms with E-state index >= 15 is 0 Å². The van der Waals surface area contributed by atoms with E-state index in [1.165, 1.54) is 5.43 Å². The normalized spacial score (nSPS) is 23.4. The van der Waals surface area contributed by atoms with Crippen LogP contribution in [-0.2, 0) is 0 Å². The van der Waals surface area contributed by atoms with Gasteiger partial charge >= 0.3 is 0 Å². The van der Waals surface area contributed by atoms with Crippen LogP contribution in [0.4, 0.5) is 0 Å². The van der Waals surface area contributed by atoms with Crippen molar-refractivity contribution in [3.05, 3.63) is 30.1 Å². The van der Waals surface area contributed by atoms with Gasteiger partial charge in [0.15, 0.2) is 0 Å². The molecule has 1 atom stereocenters. The monoisotopic (exact) mass is 237 g/mol. The Morgan fingerprint density at radius 1 is 1.44 bits per heavy atom. The number of nitrogens with two attached hydrogens (primary N) is 1. The zero-order valence-corrected chi connectivity index (χ0v) is 7.21. The summed E-state index contributed by atoms with van der Waals surface area (Å²) >= 11 is 0. The number of allylic oxidation sites excluding steroid dienone is 2. The maximum Gasteiger partial charge on any atom is 0.0994 e. The molecule has 0 saturated heterocycles. The van der Waals surface area contributed by atoms with Crippen molar-refractivity contribution < 1.29 is 29.4 Å². The molecule has 3 heteroatoms. The van der Waals surface area contributed by atoms with Crippen molar-refractivity contribution in [2.24, 2.45) is 0 Å². The molecule has 0 fully saturated rings. The van der Waals surface area contributed by atoms with Gasteiger partial charge in [0.05, 0.1) is 6.04 Å². The molecule has 9 heavy (non-hydrogen) atoms. The van der Waals surface area contributed by atoms with Gasteiger partial charge in [-0.05, 0) is 6.08 Å². The summed E-state index contributed by atoms with van der Waals surface area (Å²) in [5.74, 6) is 6.89. The van der Waals surface area contributed by atoms with Gasteiger partial charge in [-0.3, -0.25) is 0 Å². The highest BCUT2D eigenvalue weighted by molar-refractivity contribution is 5.10. The summed E-state index contributed by atoms with van der Waals surface area (Å²) in [5.41, 5.74) is 1.47. The Hall–Kier alpha value is 0.130. The van der Waals surface area contributed by atoms with Gasteiger partial charge in [-0.1, -0.05) is 18.2 Å². The number of hydrogen-bond donors (Lipinski definition) is 1. The second-order valence-corrected chi connectivity index (χ2v) is 1.88. The van der Waals surface area contributed by atoms with Crippen LogP contribution in [0.15, 0.2) is 24.3 Å². The summed E-state index contributed by atoms with van der Waals surface area (Å²) in [5, 5.41) is 0. The second kappa shape index (κ2) is 4.96. The summed E-state index contributed by atoms with van der Waals surface area (Å²) in [6.45, 7) is 0. The Balaban J connectivity index is 0.000000640. The Labute approximate surface area is 72.2 Å². The fourth-order valence-electron chi connectivity index (χ4n) is 0.723. The van der Waals surface area contributed by atoms with E-state index in [1.54, 1.807) is 0 Å². The molecule has 1 rings (SSSR count). The van der Waals surface area contributed by atoms with Gasteiger partial charge < -0.3 is 35.2 Å². The first-order valence-electron chi connectivity index (χ1n) is 2.77. The number of rotatable bonds is 1. The van der Waals surface area contributed by atoms with Crippen molar-refractivity contribution in [3.63, 3.8) is 0 Å². The van der Waals surface area contributed by atoms with Crippen molar-refractivity contribution in [3.8, 4) is 0 Å². The molecule has 0 spiro atoms. The average molecular weight is 237 g/mol. The zero-order chi connectivity index (χ0) is 5.82. The molecule has 0 amide bonds. The summed E-state index contributed by atoms with van der Waals surface area (Å²) in [6.07, 6.45) is 9.11. The van der Waals surface area contributed by atoms with Crippen LogP contribution in [0.25, 0.3) is 5.84 Å². The van der Waals surface area contributed by atoms with E-state index in [4.69, 9.17) is 5.84 Å². The molecule has 0 aromatic rings. The maximum atomic E-state index is 6.89. The largest absolute Gasteiger partial charge is 1.00 e. The van der Waals surface area contributed by atoms with Gasteiger partial charge in [-0.15, -0.1) is 0 Å². The highest BCUT2D eigenvalue weighted by Crippen LogP contribution is 1.97. The molecule has 0 heterocycles. The van der Waals surface area contributed by atoms with Crippen molar-refractivity contribution in [1.82, 2.24) is 0 Å². The maximum absolute atomic E-state index is 6.89. The summed E-state index contributed by atoms with van der Waals surface area (Å²) < 4.78 is 0. The minimum Gasteiger partial charge on any atom is -1.00 e. The molecule has 1 aliphatic rings. The number of quaternary nitrogens is 1. The molecule has 0 aliphatic heterocycles. The van der Waals surface area contributed by atoms with Gasteiger partial charge in [0.1, 0.15) is 0 Å². The molecular weight excluding hydrogens is 227 g/mol. The molecule has 0 aromatic carbocycles. The summed E-state index contributed by atoms with van der Waals surface area (Å²) in [6, 6.07) is 0.361. The lowest BCUT2D eigenvalue weighted by atomic mass is 10.1. The molecule has 0 bridgehead atoms. The second-order valence-electron chi connectivity index (χ2n) is 1.88. The van der Waals surface area contributed by atoms with Gasteiger partial charge in [0, 0.05) is 6.42 Å². The van der Waals surface area contributed by atoms with Gasteiger partial charge in [-0.2, -0.15) is 0 Å². The first-order valence-corrected chi connectivity index (χ1v) is 2.77. The Kier molecular flexibility index (Phi) is 5.03. The fraction of sp³-hybridized carbons (Fsp3) is 0.333. The predicted octanol–water partition coefficient (Wildman–Crippen LogP) is -2.59. The quantitative estimate of drug-likeness (QED) is 0.295. The van der Waals surface area contributed by atoms with E-state index in [2.05, 4.69) is 6.08 Å². The highest BCUT2D eigenvalue weighted by Gasteiger charge is 1.99. The fourth-order valence-corrected chi connectivity index (χ4v) is 0.723. The van der Waals surface area contributed by atoms with Crippen LogP contribution in [-0.4, -0.2) is 6.04 Å². The van der Waals surface area contributed by atoms with Crippen LogP contribution < -0.4 is 29.4 Å². The van der Waals surface area contributed by atoms with E-state index in [1.807, 2.05) is 18.2 Å². The third-order valence-electron chi connectivity index (χ3n) is 1.23. The Morgan fingerprint density at radius 3 is 2.56 bits per heavy atom. The Morgan fingerprint density at radius 2 is 2.22 bits per heavy atom. The molecular formula is C6H10IN2-. The van der Waals surface area contributed by atoms with Crippen LogP contribution in [0.5, 0.6) is 0 Å². The van der Waals surface area contributed by atoms with Crippen molar-refractivity contribution in [1.29, 1.82) is 0 Å². The predicted molar refractivity (Wildman–Crippen MR) is 32.9 cm³/mol. The number of halogens is 1. The van der Waals surface area contributed by atoms with Gasteiger partial charge in [-0.25, -0.2) is 0 Å². The zero-order valence-electron chi connectivity index (χ0n) is 5.05. The van der Waals surface area contributed by atoms with E-state index in [0.717, 1.165) is 6.42 Å². The van der Waals surface area contributed by atoms with Gasteiger partial charge in [0.2, 0.25) is 0 Å². The number of nitrogens with one attached hydrogen (secondary N) is 1. The van der Waals surface area contributed by atoms with Crippen LogP contribution >= 0.6 is 0 Å². The average Bonchev–Trinajstić information content (AvgIpc) is 1.90. The summed E-state index contributed by atoms with van der Waals surface area (Å²) in [7, 11) is 0. The van der Waals surface area contributed by atoms with E-state index in [9.17, 15) is 0 Å². The molecule has 1 aliphatic carbocycles. The lowest BCUT2D eigenvalue weighted by Gasteiger charge is -2.11. The minimum atomic E-state index is 0. The molecule has 0 aromatic heterocycles. The van der Waals surface area contributed by atoms with Crippen molar-refractivity contribution in [2.75, 3.05) is 0 Å². The lowest BCUT2D eigenvalue weighted by Crippen LogP contribution is -3.00. The third kappa shape index (κ3) is 2.98. The van der Waals surface area contributed by atoms with E-state index in [0.29, 0.717) is 6.04 Å². The molecule has 1 unspecified atom stereocenters. The van der Waals surface area contributed by atoms with Crippen LogP contribution in [0, 0.1) is 0 Å². The SMILES string of the molecule is [I-].[NH-][NH2+]C1C=CC=CC1. The molecule has 3 N–H and O–H groups in total. The smallest absolute Gasteiger partial charge is 0.0994 e. The van der Waals surface area contributed by atoms with Crippen LogP contribution in [0.2, 0.25) is 0 Å². The molecule has 0 radical (unpaired) electrons. The minimum absolute atomic E-state index is 0. The lowest BCUT2D eigenvalue weighted by molar-refractivity contribution is -0.615. The number of hydrogen-bond acceptors (Lipinski definition) is 0. The molecule has 52 valence electrons. The first kappa shape index (κ1) is 9.13. The standard InChI is InChI=1S/C6H10N2.HI/c7-8-6-4-2-1-3-5-6;/h1-4,6-7H,5,8H2;1H/p-1. The van der Waals surface area contributed by atoms with Gasteiger partial charge in [0.25, 0.3) is 0 Å². The summed E-state index contributed by atoms with van der Waals surface area (Å²) in [4.78, 5) is 0. The van der Waals surface area contributed by atoms with Crippen molar-refractivity contribution >= 4 is 0 Å². The molecule has 0 saturated carbocycles. The van der Waals surface area contributed by atoms with Crippen molar-refractivity contribution in [2.45, 2.75) is 12.5 Å².